The second kappa shape index (κ2) is 10.7. The van der Waals surface area contributed by atoms with Crippen LogP contribution in [0.5, 0.6) is 0 Å². The van der Waals surface area contributed by atoms with Crippen LogP contribution < -0.4 is 9.80 Å². The third-order valence-corrected chi connectivity index (χ3v) is 9.11. The molecule has 208 valence electrons. The fraction of sp³-hybridized carbons (Fsp3) is 0.433. The quantitative estimate of drug-likeness (QED) is 0.359. The zero-order chi connectivity index (χ0) is 28.0. The van der Waals surface area contributed by atoms with Crippen molar-refractivity contribution in [3.8, 4) is 22.4 Å². The van der Waals surface area contributed by atoms with Crippen LogP contribution in [0.1, 0.15) is 56.9 Å². The molecule has 10 heteroatoms. The molecule has 2 aliphatic carbocycles. The smallest absolute Gasteiger partial charge is 0.304 e. The number of carbonyl (C=O) groups excluding carboxylic acids is 2. The van der Waals surface area contributed by atoms with Gasteiger partial charge in [0.2, 0.25) is 16.9 Å². The number of fused-ring (bicyclic) bond motifs is 1. The van der Waals surface area contributed by atoms with Crippen LogP contribution in [0.25, 0.3) is 22.4 Å². The molecule has 6 rings (SSSR count). The van der Waals surface area contributed by atoms with E-state index in [9.17, 15) is 19.5 Å². The summed E-state index contributed by atoms with van der Waals surface area (Å²) in [5.41, 5.74) is 3.01. The van der Waals surface area contributed by atoms with E-state index < -0.39 is 17.0 Å². The highest BCUT2D eigenvalue weighted by Crippen LogP contribution is 2.42. The zero-order valence-electron chi connectivity index (χ0n) is 22.3. The van der Waals surface area contributed by atoms with Gasteiger partial charge in [0, 0.05) is 41.9 Å². The Morgan fingerprint density at radius 2 is 1.90 bits per heavy atom. The second-order valence-electron chi connectivity index (χ2n) is 11.1. The Bertz CT molecular complexity index is 1480. The first-order chi connectivity index (χ1) is 19.3. The van der Waals surface area contributed by atoms with Crippen LogP contribution in [-0.2, 0) is 20.8 Å². The molecule has 1 aromatic carbocycles. The van der Waals surface area contributed by atoms with E-state index in [0.717, 1.165) is 66.6 Å². The largest absolute Gasteiger partial charge is 0.481 e. The highest BCUT2D eigenvalue weighted by atomic mass is 32.1. The Hall–Kier alpha value is -3.66. The predicted octanol–water partition coefficient (Wildman–Crippen LogP) is 5.70. The zero-order valence-corrected chi connectivity index (χ0v) is 23.1. The molecule has 40 heavy (non-hydrogen) atoms. The molecule has 3 aliphatic rings. The summed E-state index contributed by atoms with van der Waals surface area (Å²) < 4.78 is 15.6. The number of hydrogen-bond donors (Lipinski definition) is 1. The van der Waals surface area contributed by atoms with Gasteiger partial charge in [-0.3, -0.25) is 24.2 Å². The van der Waals surface area contributed by atoms with E-state index in [1.54, 1.807) is 24.2 Å². The van der Waals surface area contributed by atoms with Crippen molar-refractivity contribution >= 4 is 40.1 Å². The standard InChI is InChI=1S/C30H31FN4O4S/c1-34-24(36)14-18-13-20(16-32-28(18)34)22-8-4-5-9-23(22)26-27(31)40-30(33-26)35(21-10-11-21)29(39)19(15-25(37)38)12-17-6-2-3-7-17/h4-5,8-9,13,16-17,19,21H,2-3,6-7,10-12,14-15H2,1H3,(H,37,38). The highest BCUT2D eigenvalue weighted by Gasteiger charge is 2.40. The second-order valence-corrected chi connectivity index (χ2v) is 12.0. The van der Waals surface area contributed by atoms with Gasteiger partial charge in [-0.05, 0) is 36.8 Å². The van der Waals surface area contributed by atoms with E-state index >= 15 is 4.39 Å². The highest BCUT2D eigenvalue weighted by molar-refractivity contribution is 7.14. The van der Waals surface area contributed by atoms with Crippen LogP contribution in [-0.4, -0.2) is 45.9 Å². The molecule has 0 radical (unpaired) electrons. The number of amides is 2. The van der Waals surface area contributed by atoms with Crippen molar-refractivity contribution in [1.82, 2.24) is 9.97 Å². The number of anilines is 2. The van der Waals surface area contributed by atoms with Crippen LogP contribution in [0.4, 0.5) is 15.3 Å². The first-order valence-electron chi connectivity index (χ1n) is 13.9. The van der Waals surface area contributed by atoms with E-state index in [4.69, 9.17) is 0 Å². The van der Waals surface area contributed by atoms with Gasteiger partial charge in [-0.15, -0.1) is 0 Å². The van der Waals surface area contributed by atoms with Crippen molar-refractivity contribution < 1.29 is 23.9 Å². The molecule has 0 spiro atoms. The van der Waals surface area contributed by atoms with Crippen molar-refractivity contribution in [3.63, 3.8) is 0 Å². The van der Waals surface area contributed by atoms with Gasteiger partial charge >= 0.3 is 5.97 Å². The lowest BCUT2D eigenvalue weighted by molar-refractivity contribution is -0.141. The van der Waals surface area contributed by atoms with E-state index in [1.165, 1.54) is 4.90 Å². The molecular weight excluding hydrogens is 531 g/mol. The summed E-state index contributed by atoms with van der Waals surface area (Å²) in [5, 5.41) is 9.34. The van der Waals surface area contributed by atoms with Gasteiger partial charge < -0.3 is 5.11 Å². The maximum Gasteiger partial charge on any atom is 0.304 e. The van der Waals surface area contributed by atoms with Gasteiger partial charge in [-0.1, -0.05) is 61.3 Å². The van der Waals surface area contributed by atoms with E-state index in [2.05, 4.69) is 9.97 Å². The number of likely N-dealkylation sites (N-methyl/N-ethyl adjacent to an activating group) is 1. The number of thiazole rings is 1. The molecule has 1 aliphatic heterocycles. The maximum atomic E-state index is 15.6. The number of aliphatic carboxylic acids is 1. The number of benzene rings is 1. The van der Waals surface area contributed by atoms with Gasteiger partial charge in [0.1, 0.15) is 11.5 Å². The minimum Gasteiger partial charge on any atom is -0.481 e. The van der Waals surface area contributed by atoms with Crippen LogP contribution in [0.2, 0.25) is 0 Å². The molecule has 2 amide bonds. The maximum absolute atomic E-state index is 15.6. The predicted molar refractivity (Wildman–Crippen MR) is 151 cm³/mol. The summed E-state index contributed by atoms with van der Waals surface area (Å²) in [5.74, 6) is -0.963. The molecule has 3 heterocycles. The average molecular weight is 563 g/mol. The SMILES string of the molecule is CN1C(=O)Cc2cc(-c3ccccc3-c3nc(N(C(=O)C(CC(=O)O)CC4CCCC4)C4CC4)sc3F)cnc21. The molecule has 0 saturated heterocycles. The first-order valence-corrected chi connectivity index (χ1v) is 14.7. The minimum absolute atomic E-state index is 0.0258. The van der Waals surface area contributed by atoms with Crippen LogP contribution >= 0.6 is 11.3 Å². The first kappa shape index (κ1) is 26.6. The lowest BCUT2D eigenvalue weighted by atomic mass is 9.90. The Balaban J connectivity index is 1.33. The lowest BCUT2D eigenvalue weighted by Crippen LogP contribution is -2.39. The summed E-state index contributed by atoms with van der Waals surface area (Å²) in [4.78, 5) is 49.9. The van der Waals surface area contributed by atoms with E-state index in [0.29, 0.717) is 23.7 Å². The van der Waals surface area contributed by atoms with E-state index in [1.807, 2.05) is 24.3 Å². The third kappa shape index (κ3) is 5.12. The van der Waals surface area contributed by atoms with E-state index in [-0.39, 0.29) is 41.5 Å². The fourth-order valence-electron chi connectivity index (χ4n) is 6.07. The van der Waals surface area contributed by atoms with Gasteiger partial charge in [0.05, 0.1) is 12.8 Å². The molecule has 8 nitrogen and oxygen atoms in total. The summed E-state index contributed by atoms with van der Waals surface area (Å²) in [7, 11) is 1.70. The Morgan fingerprint density at radius 3 is 2.60 bits per heavy atom. The molecular formula is C30H31FN4O4S. The molecule has 1 N–H and O–H groups in total. The molecule has 2 fully saturated rings. The average Bonchev–Trinajstić information content (AvgIpc) is 3.36. The number of rotatable bonds is 9. The van der Waals surface area contributed by atoms with Crippen molar-refractivity contribution in [1.29, 1.82) is 0 Å². The molecule has 2 aromatic heterocycles. The third-order valence-electron chi connectivity index (χ3n) is 8.26. The number of carboxylic acids is 1. The summed E-state index contributed by atoms with van der Waals surface area (Å²) in [6.45, 7) is 0. The van der Waals surface area contributed by atoms with Gasteiger partial charge in [0.25, 0.3) is 0 Å². The van der Waals surface area contributed by atoms with Crippen molar-refractivity contribution in [3.05, 3.63) is 47.2 Å². The van der Waals surface area contributed by atoms with Crippen LogP contribution in [0.3, 0.4) is 0 Å². The summed E-state index contributed by atoms with van der Waals surface area (Å²) in [6.07, 6.45) is 8.08. The number of carboxylic acid groups (broad SMARTS) is 1. The number of carbonyl (C=O) groups is 3. The molecule has 2 saturated carbocycles. The summed E-state index contributed by atoms with van der Waals surface area (Å²) >= 11 is 0.831. The van der Waals surface area contributed by atoms with Crippen molar-refractivity contribution in [2.75, 3.05) is 16.8 Å². The van der Waals surface area contributed by atoms with Crippen LogP contribution in [0.15, 0.2) is 36.5 Å². The molecule has 1 atom stereocenters. The Labute approximate surface area is 235 Å². The number of pyridine rings is 1. The number of nitrogens with zero attached hydrogens (tertiary/aromatic N) is 4. The van der Waals surface area contributed by atoms with Gasteiger partial charge in [-0.25, -0.2) is 9.97 Å². The topological polar surface area (TPSA) is 104 Å². The van der Waals surface area contributed by atoms with Gasteiger partial charge in [0.15, 0.2) is 5.13 Å². The molecule has 3 aromatic rings. The molecule has 0 bridgehead atoms. The molecule has 1 unspecified atom stereocenters. The monoisotopic (exact) mass is 562 g/mol. The Morgan fingerprint density at radius 1 is 1.18 bits per heavy atom. The normalized spacial score (nSPS) is 17.8. The Kier molecular flexibility index (Phi) is 7.12. The fourth-order valence-corrected chi connectivity index (χ4v) is 6.96. The lowest BCUT2D eigenvalue weighted by Gasteiger charge is -2.26. The number of halogens is 1. The number of hydrogen-bond acceptors (Lipinski definition) is 6. The number of aromatic nitrogens is 2. The van der Waals surface area contributed by atoms with Crippen molar-refractivity contribution in [2.45, 2.75) is 63.8 Å². The minimum atomic E-state index is -0.997. The van der Waals surface area contributed by atoms with Crippen molar-refractivity contribution in [2.24, 2.45) is 11.8 Å². The summed E-state index contributed by atoms with van der Waals surface area (Å²) in [6, 6.07) is 9.14. The van der Waals surface area contributed by atoms with Crippen LogP contribution in [0, 0.1) is 17.0 Å². The van der Waals surface area contributed by atoms with Gasteiger partial charge in [-0.2, -0.15) is 4.39 Å².